The molecule has 2 aliphatic rings. The Morgan fingerprint density at radius 1 is 1.27 bits per heavy atom. The second kappa shape index (κ2) is 9.16. The van der Waals surface area contributed by atoms with Crippen LogP contribution in [0, 0.1) is 5.89 Å². The summed E-state index contributed by atoms with van der Waals surface area (Å²) in [5.41, 5.74) is 5.63. The molecule has 7 heteroatoms. The molecular formula is C19H28Cl2N4O. The van der Waals surface area contributed by atoms with E-state index in [2.05, 4.69) is 0 Å². The SMILES string of the molecule is [2H]C([2H])(CN1CCN(c2cccc(Cl)c2Cl)CC1)C1([2H])C([2H])([2H])C([2H])([2H])C([2H])(NC(N)=O)C([2H])([2H])C1([2H])[2H]. The van der Waals surface area contributed by atoms with Crippen LogP contribution in [0.2, 0.25) is 10.0 Å². The van der Waals surface area contributed by atoms with Crippen LogP contribution in [-0.2, 0) is 0 Å². The van der Waals surface area contributed by atoms with Gasteiger partial charge < -0.3 is 16.0 Å². The number of rotatable bonds is 5. The average molecular weight is 411 g/mol. The Labute approximate surface area is 182 Å². The Bertz CT molecular complexity index is 1070. The molecule has 1 saturated heterocycles. The van der Waals surface area contributed by atoms with Gasteiger partial charge in [0.15, 0.2) is 0 Å². The second-order valence-electron chi connectivity index (χ2n) is 5.75. The number of primary amides is 1. The highest BCUT2D eigenvalue weighted by Gasteiger charge is 2.24. The van der Waals surface area contributed by atoms with E-state index in [1.165, 1.54) is 10.2 Å². The summed E-state index contributed by atoms with van der Waals surface area (Å²) in [6, 6.07) is -0.157. The average Bonchev–Trinajstić information content (AvgIpc) is 2.78. The minimum absolute atomic E-state index is 0.176. The molecule has 2 amide bonds. The van der Waals surface area contributed by atoms with E-state index in [0.29, 0.717) is 28.8 Å². The second-order valence-corrected chi connectivity index (χ2v) is 6.54. The van der Waals surface area contributed by atoms with Gasteiger partial charge >= 0.3 is 6.03 Å². The maximum atomic E-state index is 11.5. The van der Waals surface area contributed by atoms with Gasteiger partial charge in [-0.15, -0.1) is 0 Å². The van der Waals surface area contributed by atoms with Crippen LogP contribution < -0.4 is 16.0 Å². The van der Waals surface area contributed by atoms with Gasteiger partial charge in [0.05, 0.1) is 17.1 Å². The Balaban J connectivity index is 1.96. The molecule has 2 fully saturated rings. The van der Waals surface area contributed by atoms with Gasteiger partial charge in [0.2, 0.25) is 0 Å². The maximum Gasteiger partial charge on any atom is 0.312 e. The van der Waals surface area contributed by atoms with Crippen molar-refractivity contribution in [1.82, 2.24) is 10.2 Å². The number of hydrogen-bond acceptors (Lipinski definition) is 3. The quantitative estimate of drug-likeness (QED) is 0.776. The van der Waals surface area contributed by atoms with Gasteiger partial charge in [0, 0.05) is 47.3 Å². The molecule has 1 aliphatic carbocycles. The number of urea groups is 1. The summed E-state index contributed by atoms with van der Waals surface area (Å²) in [6.45, 7) is 0.251. The number of hydrogen-bond donors (Lipinski definition) is 2. The summed E-state index contributed by atoms with van der Waals surface area (Å²) in [5, 5.41) is 2.16. The zero-order valence-corrected chi connectivity index (χ0v) is 15.4. The molecule has 0 bridgehead atoms. The number of carbonyl (C=O) groups is 1. The third kappa shape index (κ3) is 5.18. The van der Waals surface area contributed by atoms with Crippen LogP contribution in [0.5, 0.6) is 0 Å². The predicted molar refractivity (Wildman–Crippen MR) is 108 cm³/mol. The Kier molecular flexibility index (Phi) is 3.29. The maximum absolute atomic E-state index is 11.5. The van der Waals surface area contributed by atoms with Gasteiger partial charge in [0.1, 0.15) is 0 Å². The van der Waals surface area contributed by atoms with Crippen molar-refractivity contribution in [3.8, 4) is 0 Å². The van der Waals surface area contributed by atoms with Crippen LogP contribution in [-0.4, -0.2) is 49.7 Å². The number of amides is 2. The van der Waals surface area contributed by atoms with Gasteiger partial charge in [-0.05, 0) is 56.4 Å². The number of carbonyl (C=O) groups excluding carboxylic acids is 1. The lowest BCUT2D eigenvalue weighted by Gasteiger charge is -2.37. The van der Waals surface area contributed by atoms with Crippen molar-refractivity contribution >= 4 is 34.9 Å². The monoisotopic (exact) mass is 410 g/mol. The molecule has 0 aromatic heterocycles. The minimum atomic E-state index is -3.83. The molecule has 0 spiro atoms. The molecule has 1 aromatic rings. The van der Waals surface area contributed by atoms with E-state index in [0.717, 1.165) is 0 Å². The predicted octanol–water partition coefficient (Wildman–Crippen LogP) is 3.73. The lowest BCUT2D eigenvalue weighted by atomic mass is 9.84. The van der Waals surface area contributed by atoms with Gasteiger partial charge in [-0.1, -0.05) is 29.3 Å². The number of piperazine rings is 1. The largest absolute Gasteiger partial charge is 0.368 e. The molecule has 3 N–H and O–H groups in total. The fourth-order valence-corrected chi connectivity index (χ4v) is 3.08. The van der Waals surface area contributed by atoms with E-state index in [-0.39, 0.29) is 13.1 Å². The fourth-order valence-electron chi connectivity index (χ4n) is 2.66. The van der Waals surface area contributed by atoms with Crippen molar-refractivity contribution in [3.63, 3.8) is 0 Å². The van der Waals surface area contributed by atoms with Gasteiger partial charge in [-0.2, -0.15) is 0 Å². The zero-order chi connectivity index (χ0) is 29.3. The normalized spacial score (nSPS) is 45.2. The lowest BCUT2D eigenvalue weighted by molar-refractivity contribution is 0.207. The number of anilines is 1. The smallest absolute Gasteiger partial charge is 0.312 e. The highest BCUT2D eigenvalue weighted by atomic mass is 35.5. The van der Waals surface area contributed by atoms with E-state index in [1.54, 1.807) is 18.2 Å². The molecule has 5 nitrogen and oxygen atoms in total. The first-order chi connectivity index (χ1) is 17.0. The first kappa shape index (κ1) is 9.35. The topological polar surface area (TPSA) is 61.6 Å². The van der Waals surface area contributed by atoms with E-state index in [4.69, 9.17) is 45.4 Å². The molecule has 1 aliphatic heterocycles. The van der Waals surface area contributed by atoms with Crippen LogP contribution in [0.15, 0.2) is 18.2 Å². The van der Waals surface area contributed by atoms with Crippen LogP contribution in [0.25, 0.3) is 0 Å². The minimum Gasteiger partial charge on any atom is -0.368 e. The summed E-state index contributed by atoms with van der Waals surface area (Å²) in [5.74, 6) is -3.72. The Morgan fingerprint density at radius 2 is 1.96 bits per heavy atom. The summed E-state index contributed by atoms with van der Waals surface area (Å²) in [7, 11) is 0. The van der Waals surface area contributed by atoms with E-state index in [1.807, 2.05) is 4.90 Å². The Morgan fingerprint density at radius 3 is 2.62 bits per heavy atom. The van der Waals surface area contributed by atoms with Crippen LogP contribution in [0.1, 0.15) is 48.3 Å². The van der Waals surface area contributed by atoms with Crippen molar-refractivity contribution in [1.29, 1.82) is 0 Å². The first-order valence-corrected chi connectivity index (χ1v) is 8.78. The molecule has 144 valence electrons. The zero-order valence-electron chi connectivity index (χ0n) is 25.9. The van der Waals surface area contributed by atoms with Crippen molar-refractivity contribution < 1.29 is 21.2 Å². The molecular weight excluding hydrogens is 371 g/mol. The standard InChI is InChI=1S/C19H28Cl2N4O/c20-16-2-1-3-17(18(16)21)25-12-10-24(11-13-25)9-8-14-4-6-15(7-5-14)23-19(22)26/h1-3,14-15H,4-13H2,(H3,22,23,26)/i4D2,5D2,6D2,7D2,8D2,14D,15D. The molecule has 1 saturated carbocycles. The van der Waals surface area contributed by atoms with Gasteiger partial charge in [0.25, 0.3) is 0 Å². The molecule has 1 heterocycles. The van der Waals surface area contributed by atoms with Crippen LogP contribution >= 0.6 is 23.2 Å². The molecule has 3 rings (SSSR count). The number of nitrogens with zero attached hydrogens (tertiary/aromatic N) is 2. The molecule has 26 heavy (non-hydrogen) atoms. The van der Waals surface area contributed by atoms with Crippen molar-refractivity contribution in [3.05, 3.63) is 28.2 Å². The fraction of sp³-hybridized carbons (Fsp3) is 0.632. The van der Waals surface area contributed by atoms with Gasteiger partial charge in [-0.25, -0.2) is 4.79 Å². The van der Waals surface area contributed by atoms with Gasteiger partial charge in [-0.3, -0.25) is 4.90 Å². The lowest BCUT2D eigenvalue weighted by Crippen LogP contribution is -2.47. The third-order valence-electron chi connectivity index (χ3n) is 4.00. The van der Waals surface area contributed by atoms with Crippen molar-refractivity contribution in [2.45, 2.75) is 37.9 Å². The number of nitrogens with one attached hydrogen (secondary N) is 1. The summed E-state index contributed by atoms with van der Waals surface area (Å²) in [4.78, 5) is 14.9. The molecule has 0 unspecified atom stereocenters. The number of halogens is 2. The van der Waals surface area contributed by atoms with E-state index >= 15 is 0 Å². The number of nitrogens with two attached hydrogens (primary N) is 1. The molecule has 1 aromatic carbocycles. The van der Waals surface area contributed by atoms with Crippen molar-refractivity contribution in [2.75, 3.05) is 37.6 Å². The van der Waals surface area contributed by atoms with Crippen LogP contribution in [0.4, 0.5) is 10.5 Å². The summed E-state index contributed by atoms with van der Waals surface area (Å²) < 4.78 is 102. The van der Waals surface area contributed by atoms with Crippen LogP contribution in [0.3, 0.4) is 0 Å². The summed E-state index contributed by atoms with van der Waals surface area (Å²) >= 11 is 12.4. The first-order valence-electron chi connectivity index (χ1n) is 14.0. The highest BCUT2D eigenvalue weighted by molar-refractivity contribution is 6.43. The third-order valence-corrected chi connectivity index (χ3v) is 4.81. The summed E-state index contributed by atoms with van der Waals surface area (Å²) in [6.07, 6.45) is -18.5. The molecule has 0 radical (unpaired) electrons. The highest BCUT2D eigenvalue weighted by Crippen LogP contribution is 2.33. The van der Waals surface area contributed by atoms with Crippen molar-refractivity contribution in [2.24, 2.45) is 11.6 Å². The van der Waals surface area contributed by atoms with E-state index in [9.17, 15) is 4.79 Å². The number of benzene rings is 1. The van der Waals surface area contributed by atoms with E-state index < -0.39 is 56.4 Å². The molecule has 0 atom stereocenters. The Hall–Kier alpha value is -1.17.